The van der Waals surface area contributed by atoms with Gasteiger partial charge in [0, 0.05) is 18.6 Å². The normalized spacial score (nSPS) is 24.6. The molecule has 1 saturated carbocycles. The van der Waals surface area contributed by atoms with Crippen LogP contribution >= 0.6 is 11.3 Å². The van der Waals surface area contributed by atoms with E-state index in [0.29, 0.717) is 12.1 Å². The number of carbonyl (C=O) groups is 1. The molecule has 0 saturated heterocycles. The summed E-state index contributed by atoms with van der Waals surface area (Å²) in [4.78, 5) is 15.2. The third-order valence-electron chi connectivity index (χ3n) is 3.52. The van der Waals surface area contributed by atoms with E-state index in [9.17, 15) is 4.79 Å². The van der Waals surface area contributed by atoms with Gasteiger partial charge < -0.3 is 10.6 Å². The summed E-state index contributed by atoms with van der Waals surface area (Å²) in [6.07, 6.45) is 4.18. The average Bonchev–Trinajstić information content (AvgIpc) is 2.86. The fourth-order valence-corrected chi connectivity index (χ4v) is 3.20. The molecule has 1 heterocycles. The van der Waals surface area contributed by atoms with Crippen molar-refractivity contribution in [3.63, 3.8) is 0 Å². The summed E-state index contributed by atoms with van der Waals surface area (Å²) in [6, 6.07) is 4.56. The first-order valence-electron chi connectivity index (χ1n) is 6.32. The van der Waals surface area contributed by atoms with Crippen LogP contribution in [0.25, 0.3) is 0 Å². The van der Waals surface area contributed by atoms with Crippen molar-refractivity contribution >= 4 is 17.2 Å². The Kier molecular flexibility index (Phi) is 4.18. The largest absolute Gasteiger partial charge is 0.335 e. The van der Waals surface area contributed by atoms with Gasteiger partial charge in [-0.25, -0.2) is 0 Å². The summed E-state index contributed by atoms with van der Waals surface area (Å²) in [5, 5.41) is 1.96. The van der Waals surface area contributed by atoms with Gasteiger partial charge in [-0.1, -0.05) is 6.07 Å². The number of hydrogen-bond donors (Lipinski definition) is 1. The van der Waals surface area contributed by atoms with Gasteiger partial charge in [0.05, 0.1) is 4.88 Å². The number of hydrogen-bond acceptors (Lipinski definition) is 3. The van der Waals surface area contributed by atoms with Crippen molar-refractivity contribution in [2.45, 2.75) is 44.7 Å². The van der Waals surface area contributed by atoms with Gasteiger partial charge in [-0.05, 0) is 44.1 Å². The van der Waals surface area contributed by atoms with E-state index in [2.05, 4.69) is 6.92 Å². The molecule has 0 spiro atoms. The Morgan fingerprint density at radius 1 is 1.47 bits per heavy atom. The van der Waals surface area contributed by atoms with E-state index >= 15 is 0 Å². The zero-order valence-corrected chi connectivity index (χ0v) is 11.1. The Balaban J connectivity index is 2.03. The minimum Gasteiger partial charge on any atom is -0.335 e. The van der Waals surface area contributed by atoms with Crippen LogP contribution in [-0.4, -0.2) is 29.4 Å². The van der Waals surface area contributed by atoms with E-state index in [0.717, 1.165) is 37.1 Å². The second-order valence-electron chi connectivity index (χ2n) is 4.64. The zero-order chi connectivity index (χ0) is 12.3. The molecule has 4 heteroatoms. The monoisotopic (exact) mass is 252 g/mol. The molecule has 0 unspecified atom stereocenters. The first-order chi connectivity index (χ1) is 8.22. The molecule has 1 aromatic heterocycles. The highest BCUT2D eigenvalue weighted by Crippen LogP contribution is 2.24. The summed E-state index contributed by atoms with van der Waals surface area (Å²) >= 11 is 1.52. The van der Waals surface area contributed by atoms with Gasteiger partial charge in [-0.15, -0.1) is 11.3 Å². The van der Waals surface area contributed by atoms with Crippen LogP contribution in [0.2, 0.25) is 0 Å². The molecule has 3 nitrogen and oxygen atoms in total. The number of thiophene rings is 1. The highest BCUT2D eigenvalue weighted by molar-refractivity contribution is 7.12. The average molecular weight is 252 g/mol. The second-order valence-corrected chi connectivity index (χ2v) is 5.58. The summed E-state index contributed by atoms with van der Waals surface area (Å²) in [5.41, 5.74) is 5.91. The first-order valence-corrected chi connectivity index (χ1v) is 7.20. The molecule has 0 radical (unpaired) electrons. The van der Waals surface area contributed by atoms with Gasteiger partial charge in [-0.2, -0.15) is 0 Å². The lowest BCUT2D eigenvalue weighted by Gasteiger charge is -2.35. The summed E-state index contributed by atoms with van der Waals surface area (Å²) in [5.74, 6) is 0.183. The van der Waals surface area contributed by atoms with E-state index in [4.69, 9.17) is 5.73 Å². The molecule has 1 fully saturated rings. The van der Waals surface area contributed by atoms with Gasteiger partial charge in [0.1, 0.15) is 0 Å². The molecule has 1 aliphatic rings. The fourth-order valence-electron chi connectivity index (χ4n) is 2.52. The third-order valence-corrected chi connectivity index (χ3v) is 4.37. The standard InChI is InChI=1S/C13H20N2OS/c1-2-15(11-7-5-10(14)6-8-11)13(16)12-4-3-9-17-12/h3-4,9-11H,2,5-8,14H2,1H3. The summed E-state index contributed by atoms with van der Waals surface area (Å²) in [7, 11) is 0. The Bertz CT molecular complexity index is 356. The minimum absolute atomic E-state index is 0.183. The highest BCUT2D eigenvalue weighted by atomic mass is 32.1. The molecule has 0 aromatic carbocycles. The number of carbonyl (C=O) groups excluding carboxylic acids is 1. The van der Waals surface area contributed by atoms with E-state index in [1.54, 1.807) is 0 Å². The van der Waals surface area contributed by atoms with Crippen LogP contribution in [0.15, 0.2) is 17.5 Å². The minimum atomic E-state index is 0.183. The quantitative estimate of drug-likeness (QED) is 0.898. The molecule has 1 amide bonds. The van der Waals surface area contributed by atoms with Crippen LogP contribution in [0.3, 0.4) is 0 Å². The van der Waals surface area contributed by atoms with Gasteiger partial charge in [-0.3, -0.25) is 4.79 Å². The smallest absolute Gasteiger partial charge is 0.264 e. The molecule has 0 aliphatic heterocycles. The molecule has 1 aromatic rings. The lowest BCUT2D eigenvalue weighted by molar-refractivity contribution is 0.0645. The van der Waals surface area contributed by atoms with Crippen LogP contribution in [0.1, 0.15) is 42.3 Å². The predicted molar refractivity (Wildman–Crippen MR) is 71.3 cm³/mol. The van der Waals surface area contributed by atoms with Crippen molar-refractivity contribution in [1.29, 1.82) is 0 Å². The first kappa shape index (κ1) is 12.6. The van der Waals surface area contributed by atoms with Gasteiger partial charge in [0.15, 0.2) is 0 Å². The van der Waals surface area contributed by atoms with Crippen LogP contribution < -0.4 is 5.73 Å². The van der Waals surface area contributed by atoms with Gasteiger partial charge in [0.2, 0.25) is 0 Å². The zero-order valence-electron chi connectivity index (χ0n) is 10.3. The number of nitrogens with zero attached hydrogens (tertiary/aromatic N) is 1. The maximum absolute atomic E-state index is 12.3. The van der Waals surface area contributed by atoms with E-state index in [1.807, 2.05) is 22.4 Å². The fraction of sp³-hybridized carbons (Fsp3) is 0.615. The van der Waals surface area contributed by atoms with E-state index in [1.165, 1.54) is 11.3 Å². The van der Waals surface area contributed by atoms with Crippen molar-refractivity contribution in [1.82, 2.24) is 4.90 Å². The SMILES string of the molecule is CCN(C(=O)c1cccs1)C1CCC(N)CC1. The molecule has 2 rings (SSSR count). The number of amides is 1. The Morgan fingerprint density at radius 3 is 2.71 bits per heavy atom. The molecule has 0 atom stereocenters. The van der Waals surface area contributed by atoms with Gasteiger partial charge >= 0.3 is 0 Å². The second kappa shape index (κ2) is 5.65. The molecule has 0 bridgehead atoms. The Morgan fingerprint density at radius 2 is 2.18 bits per heavy atom. The van der Waals surface area contributed by atoms with Gasteiger partial charge in [0.25, 0.3) is 5.91 Å². The Hall–Kier alpha value is -0.870. The van der Waals surface area contributed by atoms with Crippen LogP contribution in [0.4, 0.5) is 0 Å². The van der Waals surface area contributed by atoms with Crippen molar-refractivity contribution in [3.05, 3.63) is 22.4 Å². The maximum Gasteiger partial charge on any atom is 0.264 e. The van der Waals surface area contributed by atoms with Crippen LogP contribution in [-0.2, 0) is 0 Å². The Labute approximate surface area is 107 Å². The topological polar surface area (TPSA) is 46.3 Å². The molecule has 2 N–H and O–H groups in total. The summed E-state index contributed by atoms with van der Waals surface area (Å²) in [6.45, 7) is 2.84. The predicted octanol–water partition coefficient (Wildman–Crippen LogP) is 2.48. The third kappa shape index (κ3) is 2.87. The highest BCUT2D eigenvalue weighted by Gasteiger charge is 2.27. The number of rotatable bonds is 3. The van der Waals surface area contributed by atoms with E-state index in [-0.39, 0.29) is 5.91 Å². The maximum atomic E-state index is 12.3. The lowest BCUT2D eigenvalue weighted by atomic mass is 9.90. The number of nitrogens with two attached hydrogens (primary N) is 1. The van der Waals surface area contributed by atoms with Crippen LogP contribution in [0, 0.1) is 0 Å². The lowest BCUT2D eigenvalue weighted by Crippen LogP contribution is -2.43. The van der Waals surface area contributed by atoms with Crippen molar-refractivity contribution in [2.24, 2.45) is 5.73 Å². The van der Waals surface area contributed by atoms with Crippen molar-refractivity contribution < 1.29 is 4.79 Å². The molecular weight excluding hydrogens is 232 g/mol. The molecule has 94 valence electrons. The molecular formula is C13H20N2OS. The summed E-state index contributed by atoms with van der Waals surface area (Å²) < 4.78 is 0. The molecule has 1 aliphatic carbocycles. The van der Waals surface area contributed by atoms with Crippen molar-refractivity contribution in [2.75, 3.05) is 6.54 Å². The molecule has 17 heavy (non-hydrogen) atoms. The van der Waals surface area contributed by atoms with Crippen molar-refractivity contribution in [3.8, 4) is 0 Å². The van der Waals surface area contributed by atoms with E-state index < -0.39 is 0 Å². The van der Waals surface area contributed by atoms with Crippen LogP contribution in [0.5, 0.6) is 0 Å².